The predicted molar refractivity (Wildman–Crippen MR) is 303 cm³/mol. The van der Waals surface area contributed by atoms with Crippen LogP contribution in [-0.2, 0) is 28.6 Å². The van der Waals surface area contributed by atoms with Crippen molar-refractivity contribution in [1.29, 1.82) is 0 Å². The van der Waals surface area contributed by atoms with E-state index in [4.69, 9.17) is 14.2 Å². The first-order chi connectivity index (χ1) is 34.3. The van der Waals surface area contributed by atoms with Crippen molar-refractivity contribution in [2.24, 2.45) is 11.8 Å². The molecule has 2 unspecified atom stereocenters. The van der Waals surface area contributed by atoms with Gasteiger partial charge in [0, 0.05) is 19.3 Å². The highest BCUT2D eigenvalue weighted by Gasteiger charge is 2.19. The lowest BCUT2D eigenvalue weighted by Crippen LogP contribution is -2.30. The Balaban J connectivity index is 4.24. The lowest BCUT2D eigenvalue weighted by Gasteiger charge is -2.18. The van der Waals surface area contributed by atoms with E-state index in [2.05, 4.69) is 34.6 Å². The van der Waals surface area contributed by atoms with Crippen molar-refractivity contribution in [1.82, 2.24) is 0 Å². The molecule has 6 nitrogen and oxygen atoms in total. The van der Waals surface area contributed by atoms with E-state index < -0.39 is 6.10 Å². The molecule has 0 aliphatic heterocycles. The van der Waals surface area contributed by atoms with E-state index in [9.17, 15) is 14.4 Å². The van der Waals surface area contributed by atoms with Crippen LogP contribution in [0.25, 0.3) is 0 Å². The molecule has 3 atom stereocenters. The lowest BCUT2D eigenvalue weighted by molar-refractivity contribution is -0.167. The number of esters is 3. The van der Waals surface area contributed by atoms with Gasteiger partial charge in [-0.25, -0.2) is 0 Å². The van der Waals surface area contributed by atoms with Crippen LogP contribution in [0, 0.1) is 11.8 Å². The highest BCUT2D eigenvalue weighted by Crippen LogP contribution is 2.19. The first kappa shape index (κ1) is 68.4. The van der Waals surface area contributed by atoms with Gasteiger partial charge in [0.1, 0.15) is 13.2 Å². The van der Waals surface area contributed by atoms with Crippen molar-refractivity contribution in [3.05, 3.63) is 0 Å². The van der Waals surface area contributed by atoms with Gasteiger partial charge in [-0.1, -0.05) is 324 Å². The normalized spacial score (nSPS) is 12.8. The van der Waals surface area contributed by atoms with Gasteiger partial charge in [0.2, 0.25) is 0 Å². The third kappa shape index (κ3) is 54.2. The molecular weight excluding hydrogens is 865 g/mol. The van der Waals surface area contributed by atoms with Crippen molar-refractivity contribution in [3.63, 3.8) is 0 Å². The van der Waals surface area contributed by atoms with E-state index in [0.29, 0.717) is 19.3 Å². The highest BCUT2D eigenvalue weighted by atomic mass is 16.6. The van der Waals surface area contributed by atoms with Crippen molar-refractivity contribution in [2.45, 2.75) is 368 Å². The minimum absolute atomic E-state index is 0.0624. The zero-order chi connectivity index (χ0) is 51.1. The van der Waals surface area contributed by atoms with Gasteiger partial charge in [-0.05, 0) is 31.1 Å². The number of unbranched alkanes of at least 4 members (excludes halogenated alkanes) is 41. The topological polar surface area (TPSA) is 78.9 Å². The highest BCUT2D eigenvalue weighted by molar-refractivity contribution is 5.71. The number of carbonyl (C=O) groups is 3. The average molecular weight is 990 g/mol. The molecule has 0 aliphatic carbocycles. The Kier molecular flexibility index (Phi) is 55.4. The van der Waals surface area contributed by atoms with Crippen LogP contribution in [0.2, 0.25) is 0 Å². The monoisotopic (exact) mass is 989 g/mol. The van der Waals surface area contributed by atoms with Crippen LogP contribution in [-0.4, -0.2) is 37.2 Å². The van der Waals surface area contributed by atoms with E-state index in [0.717, 1.165) is 69.6 Å². The molecular formula is C64H124O6. The van der Waals surface area contributed by atoms with Crippen molar-refractivity contribution < 1.29 is 28.6 Å². The van der Waals surface area contributed by atoms with Crippen LogP contribution in [0.15, 0.2) is 0 Å². The van der Waals surface area contributed by atoms with Crippen LogP contribution >= 0.6 is 0 Å². The summed E-state index contributed by atoms with van der Waals surface area (Å²) in [5, 5.41) is 0. The van der Waals surface area contributed by atoms with Gasteiger partial charge in [0.05, 0.1) is 0 Å². The molecule has 0 heterocycles. The fourth-order valence-corrected chi connectivity index (χ4v) is 9.87. The van der Waals surface area contributed by atoms with Crippen molar-refractivity contribution in [3.8, 4) is 0 Å². The average Bonchev–Trinajstić information content (AvgIpc) is 3.36. The zero-order valence-electron chi connectivity index (χ0n) is 48.2. The van der Waals surface area contributed by atoms with Gasteiger partial charge in [-0.15, -0.1) is 0 Å². The molecule has 0 fully saturated rings. The molecule has 0 spiro atoms. The maximum absolute atomic E-state index is 12.9. The minimum atomic E-state index is -0.764. The Hall–Kier alpha value is -1.59. The second-order valence-corrected chi connectivity index (χ2v) is 22.5. The standard InChI is InChI=1S/C64H124O6/c1-6-9-10-11-12-13-14-15-16-17-21-24-27-30-33-39-44-49-54-62(65)68-57-61(58-69-63(66)55-50-45-40-36-35-38-43-48-53-60(5)8-3)70-64(67)56-51-46-41-34-31-28-25-22-19-18-20-23-26-29-32-37-42-47-52-59(4)7-2/h59-61H,6-58H2,1-5H3/t59?,60?,61-/m1/s1. The number of hydrogen-bond acceptors (Lipinski definition) is 6. The van der Waals surface area contributed by atoms with Gasteiger partial charge in [0.25, 0.3) is 0 Å². The number of rotatable bonds is 58. The first-order valence-electron chi connectivity index (χ1n) is 31.8. The van der Waals surface area contributed by atoms with Crippen LogP contribution in [0.4, 0.5) is 0 Å². The second-order valence-electron chi connectivity index (χ2n) is 22.5. The molecule has 0 bridgehead atoms. The Morgan fingerprint density at radius 3 is 0.743 bits per heavy atom. The maximum Gasteiger partial charge on any atom is 0.306 e. The fraction of sp³-hybridized carbons (Fsp3) is 0.953. The summed E-state index contributed by atoms with van der Waals surface area (Å²) in [6.45, 7) is 11.5. The molecule has 6 heteroatoms. The SMILES string of the molecule is CCCCCCCCCCCCCCCCCCCCC(=O)OC[C@H](COC(=O)CCCCCCCCCCC(C)CC)OC(=O)CCCCCCCCCCCCCCCCCCCCC(C)CC. The van der Waals surface area contributed by atoms with Crippen molar-refractivity contribution >= 4 is 17.9 Å². The minimum Gasteiger partial charge on any atom is -0.462 e. The van der Waals surface area contributed by atoms with Gasteiger partial charge >= 0.3 is 17.9 Å². The first-order valence-corrected chi connectivity index (χ1v) is 31.8. The Morgan fingerprint density at radius 2 is 0.500 bits per heavy atom. The molecule has 0 aliphatic rings. The molecule has 0 saturated heterocycles. The molecule has 70 heavy (non-hydrogen) atoms. The van der Waals surface area contributed by atoms with Crippen LogP contribution in [0.3, 0.4) is 0 Å². The quantitative estimate of drug-likeness (QED) is 0.0343. The molecule has 0 saturated carbocycles. The molecule has 0 radical (unpaired) electrons. The molecule has 0 amide bonds. The summed E-state index contributed by atoms with van der Waals surface area (Å²) in [5.41, 5.74) is 0. The van der Waals surface area contributed by atoms with Crippen LogP contribution in [0.1, 0.15) is 362 Å². The van der Waals surface area contributed by atoms with E-state index in [1.165, 1.54) is 250 Å². The summed E-state index contributed by atoms with van der Waals surface area (Å²) in [6.07, 6.45) is 62.4. The van der Waals surface area contributed by atoms with Gasteiger partial charge < -0.3 is 14.2 Å². The van der Waals surface area contributed by atoms with E-state index in [1.54, 1.807) is 0 Å². The maximum atomic E-state index is 12.9. The lowest BCUT2D eigenvalue weighted by atomic mass is 9.99. The summed E-state index contributed by atoms with van der Waals surface area (Å²) in [5.74, 6) is 0.922. The van der Waals surface area contributed by atoms with E-state index in [-0.39, 0.29) is 31.1 Å². The Morgan fingerprint density at radius 1 is 0.286 bits per heavy atom. The molecule has 416 valence electrons. The summed E-state index contributed by atoms with van der Waals surface area (Å²) in [7, 11) is 0. The largest absolute Gasteiger partial charge is 0.462 e. The number of ether oxygens (including phenoxy) is 3. The van der Waals surface area contributed by atoms with Crippen molar-refractivity contribution in [2.75, 3.05) is 13.2 Å². The fourth-order valence-electron chi connectivity index (χ4n) is 9.87. The molecule has 0 rings (SSSR count). The molecule has 0 aromatic carbocycles. The van der Waals surface area contributed by atoms with Gasteiger partial charge in [-0.2, -0.15) is 0 Å². The molecule has 0 N–H and O–H groups in total. The van der Waals surface area contributed by atoms with Crippen LogP contribution in [0.5, 0.6) is 0 Å². The third-order valence-electron chi connectivity index (χ3n) is 15.4. The Bertz CT molecular complexity index is 1080. The number of carbonyl (C=O) groups excluding carboxylic acids is 3. The molecule has 0 aromatic heterocycles. The van der Waals surface area contributed by atoms with Gasteiger partial charge in [-0.3, -0.25) is 14.4 Å². The van der Waals surface area contributed by atoms with Crippen LogP contribution < -0.4 is 0 Å². The van der Waals surface area contributed by atoms with Gasteiger partial charge in [0.15, 0.2) is 6.10 Å². The summed E-state index contributed by atoms with van der Waals surface area (Å²) in [6, 6.07) is 0. The van der Waals surface area contributed by atoms with E-state index >= 15 is 0 Å². The second kappa shape index (κ2) is 56.7. The smallest absolute Gasteiger partial charge is 0.306 e. The zero-order valence-corrected chi connectivity index (χ0v) is 48.2. The molecule has 0 aromatic rings. The van der Waals surface area contributed by atoms with E-state index in [1.807, 2.05) is 0 Å². The summed E-state index contributed by atoms with van der Waals surface area (Å²) in [4.78, 5) is 38.3. The predicted octanol–water partition coefficient (Wildman–Crippen LogP) is 21.2. The number of hydrogen-bond donors (Lipinski definition) is 0. The Labute approximate surface area is 438 Å². The summed E-state index contributed by atoms with van der Waals surface area (Å²) >= 11 is 0. The third-order valence-corrected chi connectivity index (χ3v) is 15.4. The summed E-state index contributed by atoms with van der Waals surface area (Å²) < 4.78 is 16.9.